The molecule has 0 fully saturated rings. The summed E-state index contributed by atoms with van der Waals surface area (Å²) in [5, 5.41) is 1.90. The lowest BCUT2D eigenvalue weighted by Crippen LogP contribution is -2.14. The predicted octanol–water partition coefficient (Wildman–Crippen LogP) is 6.41. The van der Waals surface area contributed by atoms with Gasteiger partial charge in [0, 0.05) is 33.3 Å². The molecule has 0 amide bonds. The van der Waals surface area contributed by atoms with E-state index in [-0.39, 0.29) is 17.6 Å². The van der Waals surface area contributed by atoms with Gasteiger partial charge < -0.3 is 0 Å². The standard InChI is InChI=1S/C23H20N2OS2/c1-15(19-13-24-22(27-19)17-9-5-3-6-10-17)21(26)16(2)20-14-25-23(28-20)18-11-7-4-8-12-18/h3-16H,1-2H3. The average molecular weight is 405 g/mol. The first-order chi connectivity index (χ1) is 13.6. The average Bonchev–Trinajstić information content (AvgIpc) is 3.44. The minimum absolute atomic E-state index is 0.188. The molecule has 4 aromatic rings. The maximum Gasteiger partial charge on any atom is 0.148 e. The summed E-state index contributed by atoms with van der Waals surface area (Å²) in [5.41, 5.74) is 2.17. The van der Waals surface area contributed by atoms with E-state index in [2.05, 4.69) is 9.97 Å². The number of hydrogen-bond donors (Lipinski definition) is 0. The van der Waals surface area contributed by atoms with Gasteiger partial charge in [-0.15, -0.1) is 22.7 Å². The number of carbonyl (C=O) groups excluding carboxylic acids is 1. The number of Topliss-reactive ketones (excluding diaryl/α,β-unsaturated/α-hetero) is 1. The lowest BCUT2D eigenvalue weighted by atomic mass is 9.94. The number of rotatable bonds is 6. The summed E-state index contributed by atoms with van der Waals surface area (Å²) in [5.74, 6) is -0.175. The van der Waals surface area contributed by atoms with Crippen LogP contribution in [0, 0.1) is 0 Å². The molecule has 140 valence electrons. The van der Waals surface area contributed by atoms with Gasteiger partial charge >= 0.3 is 0 Å². The third-order valence-electron chi connectivity index (χ3n) is 4.80. The smallest absolute Gasteiger partial charge is 0.148 e. The van der Waals surface area contributed by atoms with E-state index in [0.717, 1.165) is 30.9 Å². The van der Waals surface area contributed by atoms with Crippen molar-refractivity contribution in [2.45, 2.75) is 25.7 Å². The van der Waals surface area contributed by atoms with Gasteiger partial charge in [0.2, 0.25) is 0 Å². The molecule has 0 saturated heterocycles. The van der Waals surface area contributed by atoms with Gasteiger partial charge in [0.1, 0.15) is 15.8 Å². The SMILES string of the molecule is CC(C(=O)C(C)c1cnc(-c2ccccc2)s1)c1cnc(-c2ccccc2)s1. The fraction of sp³-hybridized carbons (Fsp3) is 0.174. The van der Waals surface area contributed by atoms with Gasteiger partial charge in [-0.05, 0) is 0 Å². The second-order valence-electron chi connectivity index (χ2n) is 6.71. The maximum absolute atomic E-state index is 13.1. The number of nitrogens with zero attached hydrogens (tertiary/aromatic N) is 2. The lowest BCUT2D eigenvalue weighted by molar-refractivity contribution is -0.121. The Labute approximate surface area is 172 Å². The fourth-order valence-corrected chi connectivity index (χ4v) is 5.02. The van der Waals surface area contributed by atoms with Gasteiger partial charge in [0.15, 0.2) is 0 Å². The van der Waals surface area contributed by atoms with Crippen molar-refractivity contribution < 1.29 is 4.79 Å². The Hall–Kier alpha value is -2.63. The van der Waals surface area contributed by atoms with Crippen LogP contribution in [0.1, 0.15) is 35.4 Å². The van der Waals surface area contributed by atoms with Crippen LogP contribution in [-0.4, -0.2) is 15.8 Å². The van der Waals surface area contributed by atoms with Crippen molar-refractivity contribution in [3.05, 3.63) is 82.8 Å². The van der Waals surface area contributed by atoms with Crippen LogP contribution in [-0.2, 0) is 4.79 Å². The summed E-state index contributed by atoms with van der Waals surface area (Å²) in [4.78, 5) is 24.1. The third-order valence-corrected chi connectivity index (χ3v) is 7.25. The summed E-state index contributed by atoms with van der Waals surface area (Å²) >= 11 is 3.19. The van der Waals surface area contributed by atoms with E-state index in [1.54, 1.807) is 22.7 Å². The largest absolute Gasteiger partial charge is 0.298 e. The Morgan fingerprint density at radius 1 is 0.714 bits per heavy atom. The second kappa shape index (κ2) is 8.17. The van der Waals surface area contributed by atoms with Crippen molar-refractivity contribution in [2.75, 3.05) is 0 Å². The molecule has 3 nitrogen and oxygen atoms in total. The van der Waals surface area contributed by atoms with Crippen molar-refractivity contribution in [1.82, 2.24) is 9.97 Å². The van der Waals surface area contributed by atoms with E-state index in [1.165, 1.54) is 0 Å². The highest BCUT2D eigenvalue weighted by Crippen LogP contribution is 2.35. The maximum atomic E-state index is 13.1. The molecule has 28 heavy (non-hydrogen) atoms. The summed E-state index contributed by atoms with van der Waals surface area (Å²) in [6, 6.07) is 20.2. The zero-order valence-electron chi connectivity index (χ0n) is 15.7. The van der Waals surface area contributed by atoms with E-state index >= 15 is 0 Å². The predicted molar refractivity (Wildman–Crippen MR) is 117 cm³/mol. The normalized spacial score (nSPS) is 13.2. The van der Waals surface area contributed by atoms with Crippen LogP contribution in [0.15, 0.2) is 73.1 Å². The van der Waals surface area contributed by atoms with E-state index in [4.69, 9.17) is 0 Å². The number of ketones is 1. The molecule has 0 aliphatic rings. The summed E-state index contributed by atoms with van der Waals surface area (Å²) in [6.07, 6.45) is 3.68. The zero-order valence-corrected chi connectivity index (χ0v) is 17.3. The Morgan fingerprint density at radius 3 is 1.50 bits per heavy atom. The van der Waals surface area contributed by atoms with Crippen molar-refractivity contribution in [3.63, 3.8) is 0 Å². The molecule has 0 spiro atoms. The van der Waals surface area contributed by atoms with Crippen molar-refractivity contribution in [3.8, 4) is 21.1 Å². The molecule has 0 radical (unpaired) electrons. The van der Waals surface area contributed by atoms with Gasteiger partial charge in [0.25, 0.3) is 0 Å². The minimum Gasteiger partial charge on any atom is -0.298 e. The molecule has 0 N–H and O–H groups in total. The van der Waals surface area contributed by atoms with Crippen LogP contribution in [0.2, 0.25) is 0 Å². The van der Waals surface area contributed by atoms with Crippen LogP contribution in [0.5, 0.6) is 0 Å². The van der Waals surface area contributed by atoms with Gasteiger partial charge in [-0.3, -0.25) is 4.79 Å². The van der Waals surface area contributed by atoms with Crippen molar-refractivity contribution in [1.29, 1.82) is 0 Å². The first-order valence-corrected chi connectivity index (χ1v) is 10.8. The van der Waals surface area contributed by atoms with E-state index in [0.29, 0.717) is 0 Å². The molecule has 2 heterocycles. The van der Waals surface area contributed by atoms with Gasteiger partial charge in [-0.2, -0.15) is 0 Å². The number of aromatic nitrogens is 2. The molecule has 2 aromatic heterocycles. The quantitative estimate of drug-likeness (QED) is 0.373. The van der Waals surface area contributed by atoms with Crippen molar-refractivity contribution >= 4 is 28.5 Å². The van der Waals surface area contributed by atoms with Crippen molar-refractivity contribution in [2.24, 2.45) is 0 Å². The van der Waals surface area contributed by atoms with Crippen LogP contribution < -0.4 is 0 Å². The highest BCUT2D eigenvalue weighted by atomic mass is 32.1. The molecule has 0 aliphatic carbocycles. The van der Waals surface area contributed by atoms with E-state index in [9.17, 15) is 4.79 Å². The Kier molecular flexibility index (Phi) is 5.46. The third kappa shape index (κ3) is 3.81. The second-order valence-corrected chi connectivity index (χ2v) is 8.84. The summed E-state index contributed by atoms with van der Waals surface area (Å²) in [6.45, 7) is 3.94. The molecule has 4 rings (SSSR count). The highest BCUT2D eigenvalue weighted by molar-refractivity contribution is 7.15. The number of thiazole rings is 2. The van der Waals surface area contributed by atoms with Crippen LogP contribution in [0.4, 0.5) is 0 Å². The first-order valence-electron chi connectivity index (χ1n) is 9.19. The minimum atomic E-state index is -0.188. The van der Waals surface area contributed by atoms with Crippen LogP contribution >= 0.6 is 22.7 Å². The Morgan fingerprint density at radius 2 is 1.11 bits per heavy atom. The fourth-order valence-electron chi connectivity index (χ4n) is 3.06. The van der Waals surface area contributed by atoms with Crippen LogP contribution in [0.25, 0.3) is 21.1 Å². The molecule has 0 bridgehead atoms. The first kappa shape index (κ1) is 18.7. The molecular weight excluding hydrogens is 384 g/mol. The monoisotopic (exact) mass is 404 g/mol. The lowest BCUT2D eigenvalue weighted by Gasteiger charge is -2.13. The molecule has 2 aromatic carbocycles. The number of carbonyl (C=O) groups is 1. The molecule has 2 unspecified atom stereocenters. The van der Waals surface area contributed by atoms with Gasteiger partial charge in [-0.1, -0.05) is 74.5 Å². The zero-order chi connectivity index (χ0) is 19.5. The molecule has 0 aliphatic heterocycles. The van der Waals surface area contributed by atoms with Gasteiger partial charge in [-0.25, -0.2) is 9.97 Å². The molecule has 0 saturated carbocycles. The van der Waals surface area contributed by atoms with Gasteiger partial charge in [0.05, 0.1) is 11.8 Å². The van der Waals surface area contributed by atoms with Crippen LogP contribution in [0.3, 0.4) is 0 Å². The topological polar surface area (TPSA) is 42.9 Å². The highest BCUT2D eigenvalue weighted by Gasteiger charge is 2.26. The van der Waals surface area contributed by atoms with E-state index in [1.807, 2.05) is 86.9 Å². The summed E-state index contributed by atoms with van der Waals surface area (Å²) in [7, 11) is 0. The number of benzene rings is 2. The van der Waals surface area contributed by atoms with E-state index < -0.39 is 0 Å². The molecule has 5 heteroatoms. The molecule has 2 atom stereocenters. The summed E-state index contributed by atoms with van der Waals surface area (Å²) < 4.78 is 0. The number of hydrogen-bond acceptors (Lipinski definition) is 5. The Bertz CT molecular complexity index is 984. The molecular formula is C23H20N2OS2. The Balaban J connectivity index is 1.51.